The van der Waals surface area contributed by atoms with Crippen LogP contribution in [0.4, 0.5) is 13.2 Å². The molecule has 0 aliphatic heterocycles. The SMILES string of the molecule is CCOc1ccc(OC(=O)c2ccc(C3CCC(C4CCC(/C=C/CF)CC4)CC3)cc2)c(F)c1F. The number of alkyl halides is 1. The summed E-state index contributed by atoms with van der Waals surface area (Å²) >= 11 is 0. The van der Waals surface area contributed by atoms with E-state index >= 15 is 0 Å². The molecule has 2 aromatic carbocycles. The van der Waals surface area contributed by atoms with Crippen LogP contribution in [0.15, 0.2) is 48.6 Å². The molecule has 0 atom stereocenters. The summed E-state index contributed by atoms with van der Waals surface area (Å²) in [5.41, 5.74) is 1.49. The van der Waals surface area contributed by atoms with Crippen LogP contribution in [0.1, 0.15) is 80.1 Å². The Kier molecular flexibility index (Phi) is 9.11. The van der Waals surface area contributed by atoms with Crippen molar-refractivity contribution in [2.24, 2.45) is 17.8 Å². The van der Waals surface area contributed by atoms with Crippen molar-refractivity contribution in [2.75, 3.05) is 13.3 Å². The highest BCUT2D eigenvalue weighted by Crippen LogP contribution is 2.44. The largest absolute Gasteiger partial charge is 0.491 e. The van der Waals surface area contributed by atoms with Gasteiger partial charge >= 0.3 is 5.97 Å². The minimum absolute atomic E-state index is 0.199. The lowest BCUT2D eigenvalue weighted by atomic mass is 9.68. The van der Waals surface area contributed by atoms with E-state index in [2.05, 4.69) is 6.08 Å². The van der Waals surface area contributed by atoms with E-state index in [0.717, 1.165) is 24.7 Å². The predicted molar refractivity (Wildman–Crippen MR) is 134 cm³/mol. The van der Waals surface area contributed by atoms with Gasteiger partial charge in [-0.15, -0.1) is 0 Å². The van der Waals surface area contributed by atoms with Crippen LogP contribution in [0.5, 0.6) is 11.5 Å². The van der Waals surface area contributed by atoms with E-state index in [1.807, 2.05) is 12.1 Å². The van der Waals surface area contributed by atoms with Crippen LogP contribution < -0.4 is 9.47 Å². The van der Waals surface area contributed by atoms with Gasteiger partial charge in [-0.3, -0.25) is 0 Å². The number of rotatable bonds is 8. The molecule has 3 nitrogen and oxygen atoms in total. The highest BCUT2D eigenvalue weighted by molar-refractivity contribution is 5.91. The van der Waals surface area contributed by atoms with E-state index < -0.39 is 23.4 Å². The lowest BCUT2D eigenvalue weighted by Crippen LogP contribution is -2.25. The first-order valence-corrected chi connectivity index (χ1v) is 13.2. The maximum absolute atomic E-state index is 14.3. The molecule has 0 amide bonds. The van der Waals surface area contributed by atoms with Crippen LogP contribution in [0.3, 0.4) is 0 Å². The molecule has 2 aliphatic carbocycles. The number of carbonyl (C=O) groups excluding carboxylic acids is 1. The summed E-state index contributed by atoms with van der Waals surface area (Å²) in [6.45, 7) is 1.50. The Morgan fingerprint density at radius 3 is 2.06 bits per heavy atom. The molecule has 0 N–H and O–H groups in total. The van der Waals surface area contributed by atoms with Gasteiger partial charge in [-0.1, -0.05) is 24.3 Å². The number of ether oxygens (including phenoxy) is 2. The van der Waals surface area contributed by atoms with E-state index in [1.54, 1.807) is 25.1 Å². The lowest BCUT2D eigenvalue weighted by Gasteiger charge is -2.37. The van der Waals surface area contributed by atoms with Crippen molar-refractivity contribution >= 4 is 5.97 Å². The summed E-state index contributed by atoms with van der Waals surface area (Å²) in [6.07, 6.45) is 13.2. The van der Waals surface area contributed by atoms with Crippen LogP contribution in [-0.4, -0.2) is 19.3 Å². The Hall–Kier alpha value is -2.76. The zero-order valence-electron chi connectivity index (χ0n) is 20.9. The molecule has 0 radical (unpaired) electrons. The van der Waals surface area contributed by atoms with Crippen molar-refractivity contribution in [2.45, 2.75) is 64.2 Å². The van der Waals surface area contributed by atoms with Crippen LogP contribution in [-0.2, 0) is 0 Å². The summed E-state index contributed by atoms with van der Waals surface area (Å²) in [5.74, 6) is -1.26. The van der Waals surface area contributed by atoms with E-state index in [4.69, 9.17) is 9.47 Å². The fraction of sp³-hybridized carbons (Fsp3) is 0.500. The molecule has 0 heterocycles. The summed E-state index contributed by atoms with van der Waals surface area (Å²) in [6, 6.07) is 9.72. The topological polar surface area (TPSA) is 35.5 Å². The van der Waals surface area contributed by atoms with Crippen molar-refractivity contribution in [1.82, 2.24) is 0 Å². The van der Waals surface area contributed by atoms with Gasteiger partial charge in [0.05, 0.1) is 12.2 Å². The Balaban J connectivity index is 1.28. The second kappa shape index (κ2) is 12.5. The smallest absolute Gasteiger partial charge is 0.343 e. The van der Waals surface area contributed by atoms with Gasteiger partial charge in [0.2, 0.25) is 11.6 Å². The van der Waals surface area contributed by atoms with E-state index in [0.29, 0.717) is 17.4 Å². The molecule has 36 heavy (non-hydrogen) atoms. The molecule has 0 bridgehead atoms. The molecule has 0 aromatic heterocycles. The van der Waals surface area contributed by atoms with Crippen molar-refractivity contribution in [1.29, 1.82) is 0 Å². The van der Waals surface area contributed by atoms with Crippen LogP contribution in [0.2, 0.25) is 0 Å². The summed E-state index contributed by atoms with van der Waals surface area (Å²) < 4.78 is 50.8. The Labute approximate surface area is 211 Å². The highest BCUT2D eigenvalue weighted by Gasteiger charge is 2.31. The number of esters is 1. The van der Waals surface area contributed by atoms with Crippen molar-refractivity contribution in [3.8, 4) is 11.5 Å². The third kappa shape index (κ3) is 6.32. The Bertz CT molecular complexity index is 1030. The number of halogens is 3. The monoisotopic (exact) mass is 500 g/mol. The van der Waals surface area contributed by atoms with Gasteiger partial charge in [-0.2, -0.15) is 8.78 Å². The van der Waals surface area contributed by atoms with Crippen LogP contribution >= 0.6 is 0 Å². The molecular weight excluding hydrogens is 465 g/mol. The minimum Gasteiger partial charge on any atom is -0.491 e. The molecule has 6 heteroatoms. The zero-order valence-corrected chi connectivity index (χ0v) is 20.9. The first-order chi connectivity index (χ1) is 17.5. The summed E-state index contributed by atoms with van der Waals surface area (Å²) in [5, 5.41) is 0. The number of hydrogen-bond acceptors (Lipinski definition) is 3. The van der Waals surface area contributed by atoms with Crippen LogP contribution in [0, 0.1) is 29.4 Å². The van der Waals surface area contributed by atoms with Gasteiger partial charge < -0.3 is 9.47 Å². The number of benzene rings is 2. The molecule has 0 spiro atoms. The predicted octanol–water partition coefficient (Wildman–Crippen LogP) is 8.19. The first kappa shape index (κ1) is 26.3. The van der Waals surface area contributed by atoms with Gasteiger partial charge in [-0.05, 0) is 112 Å². The molecule has 2 fully saturated rings. The van der Waals surface area contributed by atoms with Gasteiger partial charge in [0.1, 0.15) is 6.67 Å². The summed E-state index contributed by atoms with van der Waals surface area (Å²) in [4.78, 5) is 12.5. The van der Waals surface area contributed by atoms with E-state index in [1.165, 1.54) is 56.2 Å². The molecule has 194 valence electrons. The van der Waals surface area contributed by atoms with E-state index in [9.17, 15) is 18.0 Å². The third-order valence-electron chi connectivity index (χ3n) is 7.88. The van der Waals surface area contributed by atoms with Gasteiger partial charge in [0, 0.05) is 0 Å². The fourth-order valence-corrected chi connectivity index (χ4v) is 5.89. The first-order valence-electron chi connectivity index (χ1n) is 13.2. The number of hydrogen-bond donors (Lipinski definition) is 0. The van der Waals surface area contributed by atoms with Gasteiger partial charge in [-0.25, -0.2) is 9.18 Å². The molecule has 2 aliphatic rings. The molecule has 0 saturated heterocycles. The number of carbonyl (C=O) groups is 1. The average molecular weight is 501 g/mol. The molecular formula is C30H35F3O3. The average Bonchev–Trinajstić information content (AvgIpc) is 2.92. The standard InChI is InChI=1S/C30H35F3O3/c1-2-35-26-17-18-27(29(33)28(26)32)36-30(34)25-15-13-24(14-16-25)23-11-9-22(10-12-23)21-7-5-20(6-8-21)4-3-19-31/h3-4,13-18,20-23H,2,5-12,19H2,1H3/b4-3+. The third-order valence-corrected chi connectivity index (χ3v) is 7.88. The Morgan fingerprint density at radius 2 is 1.44 bits per heavy atom. The van der Waals surface area contributed by atoms with Crippen LogP contribution in [0.25, 0.3) is 0 Å². The maximum Gasteiger partial charge on any atom is 0.343 e. The normalized spacial score (nSPS) is 24.6. The van der Waals surface area contributed by atoms with E-state index in [-0.39, 0.29) is 19.0 Å². The number of allylic oxidation sites excluding steroid dienone is 2. The van der Waals surface area contributed by atoms with Gasteiger partial charge in [0.15, 0.2) is 11.5 Å². The molecule has 0 unspecified atom stereocenters. The quantitative estimate of drug-likeness (QED) is 0.208. The Morgan fingerprint density at radius 1 is 0.861 bits per heavy atom. The second-order valence-corrected chi connectivity index (χ2v) is 10.0. The fourth-order valence-electron chi connectivity index (χ4n) is 5.89. The zero-order chi connectivity index (χ0) is 25.5. The summed E-state index contributed by atoms with van der Waals surface area (Å²) in [7, 11) is 0. The molecule has 4 rings (SSSR count). The van der Waals surface area contributed by atoms with Gasteiger partial charge in [0.25, 0.3) is 0 Å². The maximum atomic E-state index is 14.3. The van der Waals surface area contributed by atoms with Crippen molar-refractivity contribution in [3.05, 3.63) is 71.3 Å². The van der Waals surface area contributed by atoms with Crippen molar-refractivity contribution in [3.63, 3.8) is 0 Å². The molecule has 2 aromatic rings. The molecule has 2 saturated carbocycles. The van der Waals surface area contributed by atoms with Crippen molar-refractivity contribution < 1.29 is 27.4 Å². The highest BCUT2D eigenvalue weighted by atomic mass is 19.2. The minimum atomic E-state index is -1.24. The second-order valence-electron chi connectivity index (χ2n) is 10.0. The lowest BCUT2D eigenvalue weighted by molar-refractivity contribution is 0.0726.